The summed E-state index contributed by atoms with van der Waals surface area (Å²) in [5.41, 5.74) is -0.406. The molecule has 3 N–H and O–H groups in total. The van der Waals surface area contributed by atoms with Crippen molar-refractivity contribution >= 4 is 17.7 Å². The third kappa shape index (κ3) is 3.28. The van der Waals surface area contributed by atoms with E-state index in [0.717, 1.165) is 11.5 Å². The van der Waals surface area contributed by atoms with E-state index in [1.165, 1.54) is 0 Å². The number of carbonyl (C=O) groups is 1. The first kappa shape index (κ1) is 13.5. The molecule has 2 rings (SSSR count). The van der Waals surface area contributed by atoms with E-state index in [9.17, 15) is 9.59 Å². The molecule has 0 saturated heterocycles. The van der Waals surface area contributed by atoms with Gasteiger partial charge in [-0.3, -0.25) is 9.78 Å². The van der Waals surface area contributed by atoms with Crippen LogP contribution in [0, 0.1) is 0 Å². The lowest BCUT2D eigenvalue weighted by Gasteiger charge is -2.08. The van der Waals surface area contributed by atoms with Gasteiger partial charge in [-0.05, 0) is 25.3 Å². The second kappa shape index (κ2) is 5.79. The quantitative estimate of drug-likeness (QED) is 0.760. The van der Waals surface area contributed by atoms with Gasteiger partial charge in [0.25, 0.3) is 5.91 Å². The monoisotopic (exact) mass is 282 g/mol. The molecule has 1 atom stereocenters. The minimum absolute atomic E-state index is 0.244. The number of aromatic nitrogens is 3. The molecule has 0 fully saturated rings. The second-order valence-corrected chi connectivity index (χ2v) is 4.82. The standard InChI is InChI=1S/C11H14N4O3S/c1-6(9-13-11(17)15-14-9)12-10(16)8-4-3-7(18-8)5-19-2/h3-4,6H,5H2,1-2H3,(H,12,16)(H2,13,14,15,17)/t6-/m0/s1. The number of nitrogens with one attached hydrogen (secondary N) is 3. The predicted octanol–water partition coefficient (Wildman–Crippen LogP) is 1.04. The largest absolute Gasteiger partial charge is 0.455 e. The molecule has 0 unspecified atom stereocenters. The summed E-state index contributed by atoms with van der Waals surface area (Å²) in [6.45, 7) is 1.72. The van der Waals surface area contributed by atoms with Crippen molar-refractivity contribution in [3.05, 3.63) is 40.0 Å². The summed E-state index contributed by atoms with van der Waals surface area (Å²) in [5.74, 6) is 1.74. The predicted molar refractivity (Wildman–Crippen MR) is 71.0 cm³/mol. The fourth-order valence-electron chi connectivity index (χ4n) is 1.54. The van der Waals surface area contributed by atoms with Gasteiger partial charge in [0, 0.05) is 0 Å². The van der Waals surface area contributed by atoms with Crippen LogP contribution < -0.4 is 11.0 Å². The van der Waals surface area contributed by atoms with Crippen LogP contribution in [0.1, 0.15) is 35.1 Å². The van der Waals surface area contributed by atoms with Crippen molar-refractivity contribution in [1.82, 2.24) is 20.5 Å². The number of aromatic amines is 2. The summed E-state index contributed by atoms with van der Waals surface area (Å²) in [6.07, 6.45) is 1.96. The molecule has 0 spiro atoms. The molecule has 0 saturated carbocycles. The summed E-state index contributed by atoms with van der Waals surface area (Å²) < 4.78 is 5.39. The van der Waals surface area contributed by atoms with Crippen molar-refractivity contribution in [2.45, 2.75) is 18.7 Å². The molecule has 7 nitrogen and oxygen atoms in total. The van der Waals surface area contributed by atoms with Gasteiger partial charge in [-0.1, -0.05) is 0 Å². The average molecular weight is 282 g/mol. The van der Waals surface area contributed by atoms with E-state index in [2.05, 4.69) is 20.5 Å². The molecule has 0 aliphatic carbocycles. The highest BCUT2D eigenvalue weighted by atomic mass is 32.2. The molecule has 2 aromatic rings. The zero-order chi connectivity index (χ0) is 13.8. The van der Waals surface area contributed by atoms with Crippen LogP contribution >= 0.6 is 11.8 Å². The molecule has 8 heteroatoms. The van der Waals surface area contributed by atoms with Crippen LogP contribution in [0.25, 0.3) is 0 Å². The Hall–Kier alpha value is -1.96. The Morgan fingerprint density at radius 1 is 1.58 bits per heavy atom. The molecule has 0 radical (unpaired) electrons. The normalized spacial score (nSPS) is 12.3. The Bertz CT molecular complexity index is 615. The maximum absolute atomic E-state index is 11.9. The molecule has 0 bridgehead atoms. The van der Waals surface area contributed by atoms with Crippen molar-refractivity contribution < 1.29 is 9.21 Å². The fourth-order valence-corrected chi connectivity index (χ4v) is 1.98. The summed E-state index contributed by atoms with van der Waals surface area (Å²) in [7, 11) is 0. The SMILES string of the molecule is CSCc1ccc(C(=O)N[C@@H](C)c2n[nH]c(=O)[nH]2)o1. The van der Waals surface area contributed by atoms with Crippen LogP contribution in [0.4, 0.5) is 0 Å². The highest BCUT2D eigenvalue weighted by Crippen LogP contribution is 2.14. The number of hydrogen-bond acceptors (Lipinski definition) is 5. The van der Waals surface area contributed by atoms with Crippen LogP contribution in [-0.4, -0.2) is 27.3 Å². The van der Waals surface area contributed by atoms with Crippen molar-refractivity contribution in [3.63, 3.8) is 0 Å². The number of thioether (sulfide) groups is 1. The zero-order valence-electron chi connectivity index (χ0n) is 10.5. The van der Waals surface area contributed by atoms with Crippen LogP contribution in [0.3, 0.4) is 0 Å². The average Bonchev–Trinajstić information content (AvgIpc) is 2.98. The molecule has 2 aromatic heterocycles. The first-order chi connectivity index (χ1) is 9.10. The van der Waals surface area contributed by atoms with E-state index in [-0.39, 0.29) is 11.7 Å². The Labute approximate surface area is 113 Å². The number of amides is 1. The molecule has 0 aliphatic heterocycles. The molecule has 0 aromatic carbocycles. The molecule has 1 amide bonds. The van der Waals surface area contributed by atoms with E-state index in [0.29, 0.717) is 5.82 Å². The van der Waals surface area contributed by atoms with Crippen molar-refractivity contribution in [1.29, 1.82) is 0 Å². The van der Waals surface area contributed by atoms with Crippen LogP contribution in [0.5, 0.6) is 0 Å². The van der Waals surface area contributed by atoms with Crippen molar-refractivity contribution in [2.75, 3.05) is 6.26 Å². The Balaban J connectivity index is 2.01. The van der Waals surface area contributed by atoms with Gasteiger partial charge in [-0.15, -0.1) is 0 Å². The van der Waals surface area contributed by atoms with Gasteiger partial charge in [0.2, 0.25) is 0 Å². The van der Waals surface area contributed by atoms with E-state index < -0.39 is 11.7 Å². The molecule has 102 valence electrons. The van der Waals surface area contributed by atoms with Crippen molar-refractivity contribution in [3.8, 4) is 0 Å². The Morgan fingerprint density at radius 2 is 2.37 bits per heavy atom. The minimum atomic E-state index is -0.416. The first-order valence-electron chi connectivity index (χ1n) is 5.63. The van der Waals surface area contributed by atoms with E-state index in [1.54, 1.807) is 30.8 Å². The van der Waals surface area contributed by atoms with E-state index in [1.807, 2.05) is 6.26 Å². The van der Waals surface area contributed by atoms with Gasteiger partial charge in [0.15, 0.2) is 11.6 Å². The topological polar surface area (TPSA) is 104 Å². The molecular formula is C11H14N4O3S. The molecule has 0 aliphatic rings. The molecule has 19 heavy (non-hydrogen) atoms. The number of hydrogen-bond donors (Lipinski definition) is 3. The first-order valence-corrected chi connectivity index (χ1v) is 7.02. The Morgan fingerprint density at radius 3 is 3.00 bits per heavy atom. The zero-order valence-corrected chi connectivity index (χ0v) is 11.3. The van der Waals surface area contributed by atoms with Gasteiger partial charge in [-0.2, -0.15) is 16.9 Å². The lowest BCUT2D eigenvalue weighted by atomic mass is 10.3. The number of furan rings is 1. The maximum atomic E-state index is 11.9. The fraction of sp³-hybridized carbons (Fsp3) is 0.364. The van der Waals surface area contributed by atoms with Gasteiger partial charge in [0.1, 0.15) is 5.76 Å². The molecule has 2 heterocycles. The maximum Gasteiger partial charge on any atom is 0.340 e. The number of rotatable bonds is 5. The lowest BCUT2D eigenvalue weighted by molar-refractivity contribution is 0.0909. The lowest BCUT2D eigenvalue weighted by Crippen LogP contribution is -2.27. The molecular weight excluding hydrogens is 268 g/mol. The number of nitrogens with zero attached hydrogens (tertiary/aromatic N) is 1. The summed E-state index contributed by atoms with van der Waals surface area (Å²) >= 11 is 1.61. The van der Waals surface area contributed by atoms with E-state index >= 15 is 0 Å². The second-order valence-electron chi connectivity index (χ2n) is 3.96. The highest BCUT2D eigenvalue weighted by molar-refractivity contribution is 7.97. The van der Waals surface area contributed by atoms with Gasteiger partial charge in [0.05, 0.1) is 11.8 Å². The number of carbonyl (C=O) groups excluding carboxylic acids is 1. The van der Waals surface area contributed by atoms with Crippen LogP contribution in [0.15, 0.2) is 21.3 Å². The third-order valence-electron chi connectivity index (χ3n) is 2.45. The van der Waals surface area contributed by atoms with Gasteiger partial charge >= 0.3 is 5.69 Å². The summed E-state index contributed by atoms with van der Waals surface area (Å²) in [4.78, 5) is 25.3. The van der Waals surface area contributed by atoms with Gasteiger partial charge in [-0.25, -0.2) is 9.89 Å². The summed E-state index contributed by atoms with van der Waals surface area (Å²) in [5, 5.41) is 8.69. The van der Waals surface area contributed by atoms with Crippen molar-refractivity contribution in [2.24, 2.45) is 0 Å². The third-order valence-corrected chi connectivity index (χ3v) is 3.02. The minimum Gasteiger partial charge on any atom is -0.455 e. The van der Waals surface area contributed by atoms with E-state index in [4.69, 9.17) is 4.42 Å². The Kier molecular flexibility index (Phi) is 4.10. The highest BCUT2D eigenvalue weighted by Gasteiger charge is 2.16. The van der Waals surface area contributed by atoms with Crippen LogP contribution in [0.2, 0.25) is 0 Å². The van der Waals surface area contributed by atoms with Gasteiger partial charge < -0.3 is 9.73 Å². The number of H-pyrrole nitrogens is 2. The summed E-state index contributed by atoms with van der Waals surface area (Å²) in [6, 6.07) is 2.98. The van der Waals surface area contributed by atoms with Crippen LogP contribution in [-0.2, 0) is 5.75 Å². The smallest absolute Gasteiger partial charge is 0.340 e.